The van der Waals surface area contributed by atoms with Crippen molar-refractivity contribution in [3.63, 3.8) is 0 Å². The molecule has 0 aliphatic rings. The van der Waals surface area contributed by atoms with E-state index in [1.807, 2.05) is 6.08 Å². The van der Waals surface area contributed by atoms with E-state index in [2.05, 4.69) is 42.1 Å². The van der Waals surface area contributed by atoms with Crippen LogP contribution in [0.3, 0.4) is 0 Å². The Bertz CT molecular complexity index is 177. The number of halogens is 1. The Labute approximate surface area is 104 Å². The van der Waals surface area contributed by atoms with Crippen LogP contribution in [0, 0.1) is 0 Å². The van der Waals surface area contributed by atoms with Crippen LogP contribution in [0.4, 0.5) is 0 Å². The standard InChI is InChI=1S/C12H25BrOSi/c1-5-12(15(2,3)4)11(14)9-7-6-8-10-13/h5,11-12,14H,1,6-10H2,2-4H3/t11-,12+/m1/s1. The van der Waals surface area contributed by atoms with E-state index < -0.39 is 8.07 Å². The van der Waals surface area contributed by atoms with Crippen LogP contribution in [0.1, 0.15) is 25.7 Å². The second kappa shape index (κ2) is 7.63. The summed E-state index contributed by atoms with van der Waals surface area (Å²) in [6.07, 6.45) is 6.25. The van der Waals surface area contributed by atoms with Crippen LogP contribution in [0.5, 0.6) is 0 Å². The smallest absolute Gasteiger partial charge is 0.0578 e. The van der Waals surface area contributed by atoms with Gasteiger partial charge in [0.05, 0.1) is 14.2 Å². The summed E-state index contributed by atoms with van der Waals surface area (Å²) in [5.41, 5.74) is 0.335. The highest BCUT2D eigenvalue weighted by Crippen LogP contribution is 2.29. The van der Waals surface area contributed by atoms with Crippen molar-refractivity contribution in [3.05, 3.63) is 12.7 Å². The quantitative estimate of drug-likeness (QED) is 0.308. The van der Waals surface area contributed by atoms with E-state index >= 15 is 0 Å². The summed E-state index contributed by atoms with van der Waals surface area (Å²) in [5, 5.41) is 11.2. The SMILES string of the molecule is C=C[C@@H]([C@H](O)CCCCCBr)[Si](C)(C)C. The first-order valence-electron chi connectivity index (χ1n) is 5.80. The van der Waals surface area contributed by atoms with Crippen LogP contribution in [-0.4, -0.2) is 24.6 Å². The first-order valence-corrected chi connectivity index (χ1v) is 10.5. The third-order valence-corrected chi connectivity index (χ3v) is 5.98. The Kier molecular flexibility index (Phi) is 7.84. The molecule has 0 heterocycles. The monoisotopic (exact) mass is 292 g/mol. The number of hydrogen-bond donors (Lipinski definition) is 1. The van der Waals surface area contributed by atoms with Crippen LogP contribution < -0.4 is 0 Å². The normalized spacial score (nSPS) is 16.1. The first kappa shape index (κ1) is 15.4. The Hall–Kier alpha value is 0.397. The fourth-order valence-corrected chi connectivity index (χ4v) is 4.32. The number of hydrogen-bond acceptors (Lipinski definition) is 1. The molecule has 1 N–H and O–H groups in total. The van der Waals surface area contributed by atoms with Gasteiger partial charge in [0.1, 0.15) is 0 Å². The van der Waals surface area contributed by atoms with Crippen molar-refractivity contribution in [2.45, 2.75) is 57.0 Å². The number of alkyl halides is 1. The molecule has 90 valence electrons. The zero-order valence-electron chi connectivity index (χ0n) is 10.3. The molecule has 0 aliphatic heterocycles. The summed E-state index contributed by atoms with van der Waals surface area (Å²) in [5.74, 6) is 0. The lowest BCUT2D eigenvalue weighted by Gasteiger charge is -2.30. The third kappa shape index (κ3) is 6.54. The van der Waals surface area contributed by atoms with E-state index in [-0.39, 0.29) is 6.10 Å². The first-order chi connectivity index (χ1) is 6.93. The van der Waals surface area contributed by atoms with Crippen molar-refractivity contribution in [2.24, 2.45) is 0 Å². The summed E-state index contributed by atoms with van der Waals surface area (Å²) >= 11 is 3.42. The molecule has 0 unspecified atom stereocenters. The van der Waals surface area contributed by atoms with Crippen LogP contribution in [0.2, 0.25) is 25.2 Å². The molecule has 0 aromatic heterocycles. The molecule has 0 fully saturated rings. The molecule has 0 amide bonds. The largest absolute Gasteiger partial charge is 0.393 e. The summed E-state index contributed by atoms with van der Waals surface area (Å²) in [6.45, 7) is 10.7. The third-order valence-electron chi connectivity index (χ3n) is 2.80. The van der Waals surface area contributed by atoms with Gasteiger partial charge in [0, 0.05) is 5.33 Å². The highest BCUT2D eigenvalue weighted by atomic mass is 79.9. The molecule has 3 heteroatoms. The van der Waals surface area contributed by atoms with Gasteiger partial charge < -0.3 is 5.11 Å². The van der Waals surface area contributed by atoms with Gasteiger partial charge in [-0.25, -0.2) is 0 Å². The maximum Gasteiger partial charge on any atom is 0.0578 e. The van der Waals surface area contributed by atoms with Gasteiger partial charge in [0.25, 0.3) is 0 Å². The number of rotatable bonds is 8. The highest BCUT2D eigenvalue weighted by Gasteiger charge is 2.29. The van der Waals surface area contributed by atoms with Gasteiger partial charge in [-0.15, -0.1) is 6.58 Å². The van der Waals surface area contributed by atoms with Crippen LogP contribution in [0.15, 0.2) is 12.7 Å². The molecule has 0 bridgehead atoms. The van der Waals surface area contributed by atoms with Gasteiger partial charge in [-0.05, 0) is 18.4 Å². The molecule has 2 atom stereocenters. The molecule has 15 heavy (non-hydrogen) atoms. The average molecular weight is 293 g/mol. The maximum absolute atomic E-state index is 10.1. The van der Waals surface area contributed by atoms with Crippen molar-refractivity contribution in [1.82, 2.24) is 0 Å². The van der Waals surface area contributed by atoms with Crippen molar-refractivity contribution < 1.29 is 5.11 Å². The number of aliphatic hydroxyl groups excluding tert-OH is 1. The lowest BCUT2D eigenvalue weighted by atomic mass is 10.1. The van der Waals surface area contributed by atoms with E-state index in [9.17, 15) is 5.11 Å². The Morgan fingerprint density at radius 1 is 1.27 bits per heavy atom. The minimum absolute atomic E-state index is 0.176. The molecule has 1 nitrogen and oxygen atoms in total. The number of unbranched alkanes of at least 4 members (excludes halogenated alkanes) is 2. The Morgan fingerprint density at radius 2 is 1.87 bits per heavy atom. The van der Waals surface area contributed by atoms with E-state index in [4.69, 9.17) is 0 Å². The van der Waals surface area contributed by atoms with Crippen molar-refractivity contribution >= 4 is 24.0 Å². The Balaban J connectivity index is 3.95. The van der Waals surface area contributed by atoms with Gasteiger partial charge >= 0.3 is 0 Å². The minimum atomic E-state index is -1.30. The summed E-state index contributed by atoms with van der Waals surface area (Å²) in [6, 6.07) is 0. The van der Waals surface area contributed by atoms with E-state index in [0.29, 0.717) is 5.54 Å². The molecule has 0 rings (SSSR count). The van der Waals surface area contributed by atoms with Crippen LogP contribution in [-0.2, 0) is 0 Å². The molecule has 0 spiro atoms. The highest BCUT2D eigenvalue weighted by molar-refractivity contribution is 9.09. The predicted octanol–water partition coefficient (Wildman–Crippen LogP) is 4.20. The molecule has 0 saturated heterocycles. The molecular weight excluding hydrogens is 268 g/mol. The van der Waals surface area contributed by atoms with Gasteiger partial charge in [-0.3, -0.25) is 0 Å². The zero-order valence-corrected chi connectivity index (χ0v) is 12.9. The molecule has 0 radical (unpaired) electrons. The van der Waals surface area contributed by atoms with Gasteiger partial charge in [-0.1, -0.05) is 54.5 Å². The van der Waals surface area contributed by atoms with E-state index in [0.717, 1.165) is 18.2 Å². The summed E-state index contributed by atoms with van der Waals surface area (Å²) in [7, 11) is -1.30. The molecular formula is C12H25BrOSi. The van der Waals surface area contributed by atoms with Gasteiger partial charge in [0.2, 0.25) is 0 Å². The fraction of sp³-hybridized carbons (Fsp3) is 0.833. The number of aliphatic hydroxyl groups is 1. The van der Waals surface area contributed by atoms with E-state index in [1.54, 1.807) is 0 Å². The van der Waals surface area contributed by atoms with Gasteiger partial charge in [-0.2, -0.15) is 0 Å². The Morgan fingerprint density at radius 3 is 2.27 bits per heavy atom. The van der Waals surface area contributed by atoms with Gasteiger partial charge in [0.15, 0.2) is 0 Å². The molecule has 0 aromatic rings. The van der Waals surface area contributed by atoms with E-state index in [1.165, 1.54) is 12.8 Å². The zero-order chi connectivity index (χ0) is 11.9. The van der Waals surface area contributed by atoms with Crippen molar-refractivity contribution in [1.29, 1.82) is 0 Å². The maximum atomic E-state index is 10.1. The van der Waals surface area contributed by atoms with Crippen molar-refractivity contribution in [3.8, 4) is 0 Å². The van der Waals surface area contributed by atoms with Crippen LogP contribution in [0.25, 0.3) is 0 Å². The van der Waals surface area contributed by atoms with Crippen LogP contribution >= 0.6 is 15.9 Å². The second-order valence-electron chi connectivity index (χ2n) is 5.23. The molecule has 0 aromatic carbocycles. The molecule has 0 saturated carbocycles. The minimum Gasteiger partial charge on any atom is -0.393 e. The predicted molar refractivity (Wildman–Crippen MR) is 75.6 cm³/mol. The topological polar surface area (TPSA) is 20.2 Å². The summed E-state index contributed by atoms with van der Waals surface area (Å²) < 4.78 is 0. The summed E-state index contributed by atoms with van der Waals surface area (Å²) in [4.78, 5) is 0. The lowest BCUT2D eigenvalue weighted by molar-refractivity contribution is 0.162. The fourth-order valence-electron chi connectivity index (χ4n) is 1.89. The molecule has 0 aliphatic carbocycles. The second-order valence-corrected chi connectivity index (χ2v) is 11.4. The average Bonchev–Trinajstić information content (AvgIpc) is 2.11. The van der Waals surface area contributed by atoms with Crippen molar-refractivity contribution in [2.75, 3.05) is 5.33 Å². The lowest BCUT2D eigenvalue weighted by Crippen LogP contribution is -2.35.